The molecule has 0 aliphatic carbocycles. The minimum atomic E-state index is -0.227. The van der Waals surface area contributed by atoms with Crippen molar-refractivity contribution >= 4 is 23.2 Å². The number of rotatable bonds is 7. The topological polar surface area (TPSA) is 79.9 Å². The maximum atomic E-state index is 12.8. The van der Waals surface area contributed by atoms with Crippen LogP contribution >= 0.6 is 0 Å². The number of anilines is 2. The molecule has 1 unspecified atom stereocenters. The van der Waals surface area contributed by atoms with Crippen LogP contribution in [0, 0.1) is 0 Å². The zero-order valence-corrected chi connectivity index (χ0v) is 19.8. The standard InChI is InChI=1S/C28H29N3O4/c1-34-25-12-11-23(17-24(25)30-26(32)18-31-15-13-28(19-31)14-16-35-28)29-27(33)22-9-7-21(8-10-22)20-5-3-2-4-6-20/h2-12,17H,13-16,18-19H2,1H3,(H,29,33)(H,30,32). The van der Waals surface area contributed by atoms with Gasteiger partial charge in [0.25, 0.3) is 5.91 Å². The molecule has 3 aromatic carbocycles. The van der Waals surface area contributed by atoms with Crippen molar-refractivity contribution in [2.45, 2.75) is 18.4 Å². The highest BCUT2D eigenvalue weighted by Crippen LogP contribution is 2.36. The van der Waals surface area contributed by atoms with Crippen molar-refractivity contribution in [3.05, 3.63) is 78.4 Å². The minimum absolute atomic E-state index is 0.0402. The average molecular weight is 472 g/mol. The van der Waals surface area contributed by atoms with Gasteiger partial charge in [-0.05, 0) is 47.9 Å². The lowest BCUT2D eigenvalue weighted by molar-refractivity contribution is -0.138. The monoisotopic (exact) mass is 471 g/mol. The Balaban J connectivity index is 1.22. The van der Waals surface area contributed by atoms with Crippen molar-refractivity contribution in [2.75, 3.05) is 44.0 Å². The van der Waals surface area contributed by atoms with E-state index in [1.165, 1.54) is 0 Å². The molecule has 1 atom stereocenters. The van der Waals surface area contributed by atoms with Crippen molar-refractivity contribution in [1.82, 2.24) is 4.90 Å². The molecule has 180 valence electrons. The van der Waals surface area contributed by atoms with Crippen LogP contribution in [-0.2, 0) is 9.53 Å². The zero-order chi connectivity index (χ0) is 24.3. The molecule has 0 bridgehead atoms. The Hall–Kier alpha value is -3.68. The summed E-state index contributed by atoms with van der Waals surface area (Å²) in [5.74, 6) is 0.179. The summed E-state index contributed by atoms with van der Waals surface area (Å²) >= 11 is 0. The number of carbonyl (C=O) groups is 2. The molecule has 7 heteroatoms. The summed E-state index contributed by atoms with van der Waals surface area (Å²) in [6.07, 6.45) is 2.03. The molecular weight excluding hydrogens is 442 g/mol. The van der Waals surface area contributed by atoms with Crippen molar-refractivity contribution in [2.24, 2.45) is 0 Å². The number of likely N-dealkylation sites (tertiary alicyclic amines) is 1. The van der Waals surface area contributed by atoms with Crippen LogP contribution in [0.5, 0.6) is 5.75 Å². The van der Waals surface area contributed by atoms with Gasteiger partial charge in [0.15, 0.2) is 0 Å². The van der Waals surface area contributed by atoms with E-state index in [1.807, 2.05) is 42.5 Å². The fourth-order valence-electron chi connectivity index (χ4n) is 4.70. The maximum absolute atomic E-state index is 12.8. The third-order valence-corrected chi connectivity index (χ3v) is 6.71. The number of nitrogens with zero attached hydrogens (tertiary/aromatic N) is 1. The van der Waals surface area contributed by atoms with E-state index in [-0.39, 0.29) is 17.4 Å². The number of hydrogen-bond acceptors (Lipinski definition) is 5. The number of amides is 2. The lowest BCUT2D eigenvalue weighted by Gasteiger charge is -2.38. The van der Waals surface area contributed by atoms with Crippen molar-refractivity contribution < 1.29 is 19.1 Å². The molecule has 2 aliphatic heterocycles. The molecule has 0 saturated carbocycles. The summed E-state index contributed by atoms with van der Waals surface area (Å²) in [6.45, 7) is 2.74. The highest BCUT2D eigenvalue weighted by atomic mass is 16.5. The highest BCUT2D eigenvalue weighted by molar-refractivity contribution is 6.05. The van der Waals surface area contributed by atoms with Crippen molar-refractivity contribution in [1.29, 1.82) is 0 Å². The van der Waals surface area contributed by atoms with Gasteiger partial charge in [-0.15, -0.1) is 0 Å². The second kappa shape index (κ2) is 9.90. The van der Waals surface area contributed by atoms with Crippen molar-refractivity contribution in [3.8, 4) is 16.9 Å². The summed E-state index contributed by atoms with van der Waals surface area (Å²) in [4.78, 5) is 27.7. The molecule has 2 aliphatic rings. The predicted octanol–water partition coefficient (Wildman–Crippen LogP) is 4.42. The van der Waals surface area contributed by atoms with E-state index < -0.39 is 0 Å². The minimum Gasteiger partial charge on any atom is -0.495 e. The molecule has 2 amide bonds. The molecule has 0 radical (unpaired) electrons. The van der Waals surface area contributed by atoms with Gasteiger partial charge in [0, 0.05) is 30.8 Å². The number of carbonyl (C=O) groups excluding carboxylic acids is 2. The first kappa shape index (κ1) is 23.1. The largest absolute Gasteiger partial charge is 0.495 e. The Morgan fingerprint density at radius 1 is 0.971 bits per heavy atom. The summed E-state index contributed by atoms with van der Waals surface area (Å²) in [5.41, 5.74) is 3.74. The second-order valence-electron chi connectivity index (χ2n) is 9.10. The quantitative estimate of drug-likeness (QED) is 0.533. The molecule has 1 spiro atoms. The number of hydrogen-bond donors (Lipinski definition) is 2. The molecule has 2 N–H and O–H groups in total. The molecule has 7 nitrogen and oxygen atoms in total. The molecule has 2 heterocycles. The Morgan fingerprint density at radius 2 is 1.71 bits per heavy atom. The molecule has 0 aromatic heterocycles. The lowest BCUT2D eigenvalue weighted by Crippen LogP contribution is -2.46. The van der Waals surface area contributed by atoms with E-state index in [0.717, 1.165) is 43.7 Å². The van der Waals surface area contributed by atoms with Gasteiger partial charge in [-0.3, -0.25) is 14.5 Å². The van der Waals surface area contributed by atoms with Gasteiger partial charge in [-0.25, -0.2) is 0 Å². The predicted molar refractivity (Wildman–Crippen MR) is 136 cm³/mol. The van der Waals surface area contributed by atoms with Gasteiger partial charge < -0.3 is 20.1 Å². The smallest absolute Gasteiger partial charge is 0.255 e. The van der Waals surface area contributed by atoms with Crippen LogP contribution in [0.3, 0.4) is 0 Å². The summed E-state index contributed by atoms with van der Waals surface area (Å²) < 4.78 is 11.1. The van der Waals surface area contributed by atoms with Crippen LogP contribution < -0.4 is 15.4 Å². The Morgan fingerprint density at radius 3 is 2.37 bits per heavy atom. The Labute approximate surface area is 205 Å². The van der Waals surface area contributed by atoms with Gasteiger partial charge in [0.2, 0.25) is 5.91 Å². The van der Waals surface area contributed by atoms with Gasteiger partial charge in [0.05, 0.1) is 31.5 Å². The fourth-order valence-corrected chi connectivity index (χ4v) is 4.70. The zero-order valence-electron chi connectivity index (χ0n) is 19.8. The third kappa shape index (κ3) is 5.21. The van der Waals surface area contributed by atoms with E-state index in [2.05, 4.69) is 15.5 Å². The van der Waals surface area contributed by atoms with Gasteiger partial charge in [-0.1, -0.05) is 42.5 Å². The number of ether oxygens (including phenoxy) is 2. The van der Waals surface area contributed by atoms with Crippen LogP contribution in [-0.4, -0.2) is 55.7 Å². The lowest BCUT2D eigenvalue weighted by atomic mass is 9.94. The average Bonchev–Trinajstić information content (AvgIpc) is 3.29. The van der Waals surface area contributed by atoms with E-state index in [4.69, 9.17) is 9.47 Å². The van der Waals surface area contributed by atoms with Crippen LogP contribution in [0.2, 0.25) is 0 Å². The molecule has 5 rings (SSSR count). The first-order chi connectivity index (χ1) is 17.0. The van der Waals surface area contributed by atoms with Gasteiger partial charge in [0.1, 0.15) is 5.75 Å². The molecule has 2 saturated heterocycles. The van der Waals surface area contributed by atoms with Crippen LogP contribution in [0.25, 0.3) is 11.1 Å². The number of nitrogens with one attached hydrogen (secondary N) is 2. The van der Waals surface area contributed by atoms with Crippen LogP contribution in [0.15, 0.2) is 72.8 Å². The fraction of sp³-hybridized carbons (Fsp3) is 0.286. The SMILES string of the molecule is COc1ccc(NC(=O)c2ccc(-c3ccccc3)cc2)cc1NC(=O)CN1CCC2(CCO2)C1. The number of methoxy groups -OCH3 is 1. The summed E-state index contributed by atoms with van der Waals surface area (Å²) in [6, 6.07) is 22.7. The Kier molecular flexibility index (Phi) is 6.53. The third-order valence-electron chi connectivity index (χ3n) is 6.71. The molecule has 3 aromatic rings. The highest BCUT2D eigenvalue weighted by Gasteiger charge is 2.44. The Bertz CT molecular complexity index is 1210. The van der Waals surface area contributed by atoms with E-state index >= 15 is 0 Å². The molecule has 2 fully saturated rings. The van der Waals surface area contributed by atoms with Crippen LogP contribution in [0.4, 0.5) is 11.4 Å². The summed E-state index contributed by atoms with van der Waals surface area (Å²) in [5, 5.41) is 5.84. The van der Waals surface area contributed by atoms with Gasteiger partial charge >= 0.3 is 0 Å². The van der Waals surface area contributed by atoms with Crippen molar-refractivity contribution in [3.63, 3.8) is 0 Å². The number of benzene rings is 3. The van der Waals surface area contributed by atoms with Crippen LogP contribution in [0.1, 0.15) is 23.2 Å². The maximum Gasteiger partial charge on any atom is 0.255 e. The van der Waals surface area contributed by atoms with E-state index in [9.17, 15) is 9.59 Å². The second-order valence-corrected chi connectivity index (χ2v) is 9.10. The molecule has 35 heavy (non-hydrogen) atoms. The molecular formula is C28H29N3O4. The first-order valence-electron chi connectivity index (χ1n) is 11.8. The van der Waals surface area contributed by atoms with E-state index in [0.29, 0.717) is 29.2 Å². The first-order valence-corrected chi connectivity index (χ1v) is 11.8. The summed E-state index contributed by atoms with van der Waals surface area (Å²) in [7, 11) is 1.55. The van der Waals surface area contributed by atoms with Gasteiger partial charge in [-0.2, -0.15) is 0 Å². The van der Waals surface area contributed by atoms with E-state index in [1.54, 1.807) is 37.4 Å². The normalized spacial score (nSPS) is 19.2.